The summed E-state index contributed by atoms with van der Waals surface area (Å²) in [6.07, 6.45) is 0. The number of hydrogen-bond donors (Lipinski definition) is 1. The highest BCUT2D eigenvalue weighted by Gasteiger charge is 2.11. The van der Waals surface area contributed by atoms with Gasteiger partial charge < -0.3 is 14.6 Å². The molecule has 17 heavy (non-hydrogen) atoms. The minimum atomic E-state index is 0.0231. The Morgan fingerprint density at radius 1 is 1.06 bits per heavy atom. The Kier molecular flexibility index (Phi) is 3.20. The summed E-state index contributed by atoms with van der Waals surface area (Å²) in [5, 5.41) is 11.1. The molecule has 0 aliphatic rings. The van der Waals surface area contributed by atoms with Crippen LogP contribution in [0.4, 0.5) is 0 Å². The summed E-state index contributed by atoms with van der Waals surface area (Å²) in [4.78, 5) is 0. The molecule has 3 heteroatoms. The number of aliphatic hydroxyl groups is 1. The summed E-state index contributed by atoms with van der Waals surface area (Å²) in [6.45, 7) is 2.01. The molecule has 90 valence electrons. The molecule has 0 heterocycles. The van der Waals surface area contributed by atoms with Gasteiger partial charge in [-0.25, -0.2) is 0 Å². The highest BCUT2D eigenvalue weighted by Crippen LogP contribution is 2.36. The van der Waals surface area contributed by atoms with Gasteiger partial charge in [-0.05, 0) is 30.2 Å². The van der Waals surface area contributed by atoms with Crippen molar-refractivity contribution in [2.24, 2.45) is 0 Å². The Morgan fingerprint density at radius 2 is 1.82 bits per heavy atom. The van der Waals surface area contributed by atoms with Crippen LogP contribution in [0.15, 0.2) is 24.3 Å². The second-order valence-electron chi connectivity index (χ2n) is 3.97. The van der Waals surface area contributed by atoms with Gasteiger partial charge in [-0.2, -0.15) is 0 Å². The molecule has 1 N–H and O–H groups in total. The SMILES string of the molecule is COc1cc(C)c(OC)c2ccc(CO)cc12. The van der Waals surface area contributed by atoms with Crippen LogP contribution in [-0.4, -0.2) is 19.3 Å². The van der Waals surface area contributed by atoms with Crippen molar-refractivity contribution in [1.82, 2.24) is 0 Å². The fourth-order valence-corrected chi connectivity index (χ4v) is 2.08. The third-order valence-electron chi connectivity index (χ3n) is 2.91. The van der Waals surface area contributed by atoms with Crippen LogP contribution in [0.3, 0.4) is 0 Å². The van der Waals surface area contributed by atoms with Crippen molar-refractivity contribution < 1.29 is 14.6 Å². The second kappa shape index (κ2) is 4.63. The average molecular weight is 232 g/mol. The van der Waals surface area contributed by atoms with E-state index in [1.165, 1.54) is 0 Å². The van der Waals surface area contributed by atoms with Gasteiger partial charge in [0.05, 0.1) is 20.8 Å². The zero-order chi connectivity index (χ0) is 12.4. The molecule has 0 spiro atoms. The van der Waals surface area contributed by atoms with Crippen LogP contribution in [0.5, 0.6) is 11.5 Å². The molecule has 0 amide bonds. The van der Waals surface area contributed by atoms with Crippen molar-refractivity contribution in [3.8, 4) is 11.5 Å². The number of hydrogen-bond acceptors (Lipinski definition) is 3. The Labute approximate surface area is 101 Å². The fourth-order valence-electron chi connectivity index (χ4n) is 2.08. The van der Waals surface area contributed by atoms with Crippen LogP contribution in [0.1, 0.15) is 11.1 Å². The molecule has 0 unspecified atom stereocenters. The van der Waals surface area contributed by atoms with Crippen LogP contribution in [0.2, 0.25) is 0 Å². The third-order valence-corrected chi connectivity index (χ3v) is 2.91. The van der Waals surface area contributed by atoms with E-state index in [1.54, 1.807) is 14.2 Å². The smallest absolute Gasteiger partial charge is 0.129 e. The summed E-state index contributed by atoms with van der Waals surface area (Å²) < 4.78 is 10.8. The molecule has 0 aliphatic carbocycles. The van der Waals surface area contributed by atoms with Gasteiger partial charge in [0, 0.05) is 10.8 Å². The lowest BCUT2D eigenvalue weighted by atomic mass is 10.0. The molecule has 2 aromatic rings. The van der Waals surface area contributed by atoms with Gasteiger partial charge in [-0.3, -0.25) is 0 Å². The molecule has 0 bridgehead atoms. The molecule has 0 aromatic heterocycles. The first-order valence-electron chi connectivity index (χ1n) is 5.46. The predicted octanol–water partition coefficient (Wildman–Crippen LogP) is 2.66. The summed E-state index contributed by atoms with van der Waals surface area (Å²) in [5.41, 5.74) is 1.90. The van der Waals surface area contributed by atoms with Gasteiger partial charge >= 0.3 is 0 Å². The predicted molar refractivity (Wildman–Crippen MR) is 67.7 cm³/mol. The topological polar surface area (TPSA) is 38.7 Å². The average Bonchev–Trinajstić information content (AvgIpc) is 2.37. The quantitative estimate of drug-likeness (QED) is 0.884. The Balaban J connectivity index is 2.81. The minimum Gasteiger partial charge on any atom is -0.496 e. The summed E-state index contributed by atoms with van der Waals surface area (Å²) in [6, 6.07) is 7.72. The van der Waals surface area contributed by atoms with E-state index in [-0.39, 0.29) is 6.61 Å². The van der Waals surface area contributed by atoms with Crippen molar-refractivity contribution >= 4 is 10.8 Å². The number of ether oxygens (including phenoxy) is 2. The van der Waals surface area contributed by atoms with Gasteiger partial charge in [0.2, 0.25) is 0 Å². The molecule has 0 saturated heterocycles. The standard InChI is InChI=1S/C14H16O3/c1-9-6-13(16-2)12-7-10(8-15)4-5-11(12)14(9)17-3/h4-7,15H,8H2,1-3H3. The highest BCUT2D eigenvalue weighted by molar-refractivity contribution is 5.95. The van der Waals surface area contributed by atoms with Gasteiger partial charge in [-0.1, -0.05) is 12.1 Å². The van der Waals surface area contributed by atoms with Crippen molar-refractivity contribution in [2.45, 2.75) is 13.5 Å². The van der Waals surface area contributed by atoms with E-state index in [1.807, 2.05) is 31.2 Å². The van der Waals surface area contributed by atoms with Crippen LogP contribution in [-0.2, 0) is 6.61 Å². The maximum absolute atomic E-state index is 9.17. The summed E-state index contributed by atoms with van der Waals surface area (Å²) >= 11 is 0. The molecular weight excluding hydrogens is 216 g/mol. The lowest BCUT2D eigenvalue weighted by Gasteiger charge is -2.13. The van der Waals surface area contributed by atoms with E-state index in [0.717, 1.165) is 33.4 Å². The van der Waals surface area contributed by atoms with Crippen LogP contribution < -0.4 is 9.47 Å². The van der Waals surface area contributed by atoms with Crippen LogP contribution in [0, 0.1) is 6.92 Å². The van der Waals surface area contributed by atoms with Crippen molar-refractivity contribution in [1.29, 1.82) is 0 Å². The molecule has 0 atom stereocenters. The second-order valence-corrected chi connectivity index (χ2v) is 3.97. The third kappa shape index (κ3) is 1.94. The zero-order valence-electron chi connectivity index (χ0n) is 10.3. The number of methoxy groups -OCH3 is 2. The number of rotatable bonds is 3. The van der Waals surface area contributed by atoms with E-state index in [9.17, 15) is 0 Å². The normalized spacial score (nSPS) is 10.6. The largest absolute Gasteiger partial charge is 0.496 e. The summed E-state index contributed by atoms with van der Waals surface area (Å²) in [5.74, 6) is 1.65. The molecule has 3 nitrogen and oxygen atoms in total. The first kappa shape index (κ1) is 11.7. The highest BCUT2D eigenvalue weighted by atomic mass is 16.5. The van der Waals surface area contributed by atoms with Gasteiger partial charge in [0.1, 0.15) is 11.5 Å². The number of benzene rings is 2. The van der Waals surface area contributed by atoms with Crippen LogP contribution in [0.25, 0.3) is 10.8 Å². The van der Waals surface area contributed by atoms with Gasteiger partial charge in [0.15, 0.2) is 0 Å². The molecule has 0 radical (unpaired) electrons. The lowest BCUT2D eigenvalue weighted by molar-refractivity contribution is 0.282. The number of aliphatic hydroxyl groups excluding tert-OH is 1. The maximum Gasteiger partial charge on any atom is 0.129 e. The Bertz CT molecular complexity index is 547. The Morgan fingerprint density at radius 3 is 2.41 bits per heavy atom. The van der Waals surface area contributed by atoms with E-state index < -0.39 is 0 Å². The van der Waals surface area contributed by atoms with Gasteiger partial charge in [-0.15, -0.1) is 0 Å². The van der Waals surface area contributed by atoms with Gasteiger partial charge in [0.25, 0.3) is 0 Å². The summed E-state index contributed by atoms with van der Waals surface area (Å²) in [7, 11) is 3.31. The first-order valence-corrected chi connectivity index (χ1v) is 5.46. The van der Waals surface area contributed by atoms with E-state index >= 15 is 0 Å². The molecule has 0 saturated carbocycles. The van der Waals surface area contributed by atoms with Crippen LogP contribution >= 0.6 is 0 Å². The van der Waals surface area contributed by atoms with E-state index in [2.05, 4.69) is 0 Å². The maximum atomic E-state index is 9.17. The molecule has 0 fully saturated rings. The zero-order valence-corrected chi connectivity index (χ0v) is 10.3. The first-order chi connectivity index (χ1) is 8.21. The van der Waals surface area contributed by atoms with E-state index in [0.29, 0.717) is 0 Å². The monoisotopic (exact) mass is 232 g/mol. The molecule has 2 rings (SSSR count). The van der Waals surface area contributed by atoms with Crippen molar-refractivity contribution in [2.75, 3.05) is 14.2 Å². The molecule has 2 aromatic carbocycles. The number of fused-ring (bicyclic) bond motifs is 1. The fraction of sp³-hybridized carbons (Fsp3) is 0.286. The van der Waals surface area contributed by atoms with E-state index in [4.69, 9.17) is 14.6 Å². The van der Waals surface area contributed by atoms with Crippen molar-refractivity contribution in [3.05, 3.63) is 35.4 Å². The molecule has 0 aliphatic heterocycles. The lowest BCUT2D eigenvalue weighted by Crippen LogP contribution is -1.94. The number of aryl methyl sites for hydroxylation is 1. The minimum absolute atomic E-state index is 0.0231. The van der Waals surface area contributed by atoms with Crippen molar-refractivity contribution in [3.63, 3.8) is 0 Å². The Hall–Kier alpha value is -1.74. The molecular formula is C14H16O3.